The van der Waals surface area contributed by atoms with E-state index in [0.29, 0.717) is 12.1 Å². The van der Waals surface area contributed by atoms with E-state index < -0.39 is 5.97 Å². The summed E-state index contributed by atoms with van der Waals surface area (Å²) in [4.78, 5) is 33.6. The number of aromatic carboxylic acids is 1. The van der Waals surface area contributed by atoms with E-state index in [0.717, 1.165) is 0 Å². The van der Waals surface area contributed by atoms with E-state index in [1.807, 2.05) is 0 Å². The quantitative estimate of drug-likeness (QED) is 0.719. The fourth-order valence-electron chi connectivity index (χ4n) is 1.94. The van der Waals surface area contributed by atoms with Crippen LogP contribution < -0.4 is 10.6 Å². The Bertz CT molecular complexity index is 527. The maximum absolute atomic E-state index is 11.8. The van der Waals surface area contributed by atoms with Crippen molar-refractivity contribution in [3.63, 3.8) is 0 Å². The standard InChI is InChI=1S/C13H14N2O4/c16-11-5-10(7-14-11)12(17)15-6-8-2-1-3-9(4-8)13(18)19/h1-4,10H,5-7H2,(H,14,16)(H,15,17)(H,18,19). The molecule has 1 fully saturated rings. The molecule has 1 atom stereocenters. The number of carboxylic acids is 1. The van der Waals surface area contributed by atoms with Gasteiger partial charge in [0.25, 0.3) is 0 Å². The second-order valence-corrected chi connectivity index (χ2v) is 4.43. The van der Waals surface area contributed by atoms with Crippen LogP contribution in [0.2, 0.25) is 0 Å². The average Bonchev–Trinajstić information content (AvgIpc) is 2.83. The van der Waals surface area contributed by atoms with Crippen LogP contribution in [0, 0.1) is 5.92 Å². The van der Waals surface area contributed by atoms with Crippen molar-refractivity contribution in [3.8, 4) is 0 Å². The van der Waals surface area contributed by atoms with Crippen molar-refractivity contribution < 1.29 is 19.5 Å². The lowest BCUT2D eigenvalue weighted by molar-refractivity contribution is -0.126. The largest absolute Gasteiger partial charge is 0.478 e. The average molecular weight is 262 g/mol. The van der Waals surface area contributed by atoms with Crippen molar-refractivity contribution >= 4 is 17.8 Å². The van der Waals surface area contributed by atoms with Gasteiger partial charge >= 0.3 is 5.97 Å². The summed E-state index contributed by atoms with van der Waals surface area (Å²) in [5.74, 6) is -1.65. The lowest BCUT2D eigenvalue weighted by atomic mass is 10.1. The van der Waals surface area contributed by atoms with Gasteiger partial charge in [-0.25, -0.2) is 4.79 Å². The van der Waals surface area contributed by atoms with Crippen LogP contribution in [0.1, 0.15) is 22.3 Å². The van der Waals surface area contributed by atoms with Gasteiger partial charge in [0.15, 0.2) is 0 Å². The zero-order chi connectivity index (χ0) is 13.8. The van der Waals surface area contributed by atoms with Crippen molar-refractivity contribution in [1.82, 2.24) is 10.6 Å². The lowest BCUT2D eigenvalue weighted by Crippen LogP contribution is -2.31. The number of carboxylic acid groups (broad SMARTS) is 1. The maximum atomic E-state index is 11.8. The number of amides is 2. The van der Waals surface area contributed by atoms with Crippen molar-refractivity contribution in [1.29, 1.82) is 0 Å². The second kappa shape index (κ2) is 5.51. The molecule has 6 heteroatoms. The Morgan fingerprint density at radius 2 is 2.21 bits per heavy atom. The van der Waals surface area contributed by atoms with E-state index in [-0.39, 0.29) is 36.3 Å². The first-order chi connectivity index (χ1) is 9.06. The third-order valence-electron chi connectivity index (χ3n) is 2.99. The first-order valence-electron chi connectivity index (χ1n) is 5.93. The first kappa shape index (κ1) is 13.1. The summed E-state index contributed by atoms with van der Waals surface area (Å²) in [6.07, 6.45) is 0.209. The molecular weight excluding hydrogens is 248 g/mol. The molecule has 0 aliphatic carbocycles. The van der Waals surface area contributed by atoms with E-state index in [2.05, 4.69) is 10.6 Å². The number of carbonyl (C=O) groups excluding carboxylic acids is 2. The van der Waals surface area contributed by atoms with Crippen molar-refractivity contribution in [2.45, 2.75) is 13.0 Å². The van der Waals surface area contributed by atoms with Gasteiger partial charge in [0, 0.05) is 19.5 Å². The Morgan fingerprint density at radius 3 is 2.84 bits per heavy atom. The Balaban J connectivity index is 1.91. The van der Waals surface area contributed by atoms with Crippen LogP contribution in [-0.2, 0) is 16.1 Å². The first-order valence-corrected chi connectivity index (χ1v) is 5.93. The molecule has 3 N–H and O–H groups in total. The minimum atomic E-state index is -1.00. The van der Waals surface area contributed by atoms with Crippen molar-refractivity contribution in [2.75, 3.05) is 6.54 Å². The Hall–Kier alpha value is -2.37. The highest BCUT2D eigenvalue weighted by atomic mass is 16.4. The molecule has 1 saturated heterocycles. The third kappa shape index (κ3) is 3.31. The zero-order valence-corrected chi connectivity index (χ0v) is 10.2. The third-order valence-corrected chi connectivity index (χ3v) is 2.99. The molecule has 0 aromatic heterocycles. The van der Waals surface area contributed by atoms with E-state index >= 15 is 0 Å². The molecule has 1 aromatic carbocycles. The second-order valence-electron chi connectivity index (χ2n) is 4.43. The summed E-state index contributed by atoms with van der Waals surface area (Å²) in [5, 5.41) is 14.2. The maximum Gasteiger partial charge on any atom is 0.335 e. The molecule has 0 saturated carbocycles. The smallest absolute Gasteiger partial charge is 0.335 e. The number of carbonyl (C=O) groups is 3. The molecule has 0 bridgehead atoms. The van der Waals surface area contributed by atoms with E-state index in [1.54, 1.807) is 12.1 Å². The molecular formula is C13H14N2O4. The van der Waals surface area contributed by atoms with Gasteiger partial charge in [-0.05, 0) is 17.7 Å². The highest BCUT2D eigenvalue weighted by Gasteiger charge is 2.27. The predicted octanol–water partition coefficient (Wildman–Crippen LogP) is 0.137. The van der Waals surface area contributed by atoms with Gasteiger partial charge in [-0.2, -0.15) is 0 Å². The van der Waals surface area contributed by atoms with Gasteiger partial charge in [-0.3, -0.25) is 9.59 Å². The topological polar surface area (TPSA) is 95.5 Å². The predicted molar refractivity (Wildman–Crippen MR) is 66.4 cm³/mol. The minimum Gasteiger partial charge on any atom is -0.478 e. The van der Waals surface area contributed by atoms with Gasteiger partial charge in [-0.1, -0.05) is 12.1 Å². The molecule has 2 amide bonds. The summed E-state index contributed by atoms with van der Waals surface area (Å²) in [7, 11) is 0. The van der Waals surface area contributed by atoms with Crippen LogP contribution >= 0.6 is 0 Å². The molecule has 1 heterocycles. The molecule has 2 rings (SSSR count). The number of nitrogens with one attached hydrogen (secondary N) is 2. The van der Waals surface area contributed by atoms with Crippen LogP contribution in [0.4, 0.5) is 0 Å². The summed E-state index contributed by atoms with van der Waals surface area (Å²) >= 11 is 0. The summed E-state index contributed by atoms with van der Waals surface area (Å²) in [6.45, 7) is 0.616. The highest BCUT2D eigenvalue weighted by Crippen LogP contribution is 2.10. The molecule has 1 unspecified atom stereocenters. The van der Waals surface area contributed by atoms with Crippen molar-refractivity contribution in [3.05, 3.63) is 35.4 Å². The molecule has 0 spiro atoms. The summed E-state index contributed by atoms with van der Waals surface area (Å²) < 4.78 is 0. The number of hydrogen-bond donors (Lipinski definition) is 3. The molecule has 19 heavy (non-hydrogen) atoms. The summed E-state index contributed by atoms with van der Waals surface area (Å²) in [5.41, 5.74) is 0.898. The SMILES string of the molecule is O=C1CC(C(=O)NCc2cccc(C(=O)O)c2)CN1. The van der Waals surface area contributed by atoms with Gasteiger partial charge in [0.05, 0.1) is 11.5 Å². The van der Waals surface area contributed by atoms with E-state index in [1.165, 1.54) is 12.1 Å². The number of rotatable bonds is 4. The molecule has 6 nitrogen and oxygen atoms in total. The normalized spacial score (nSPS) is 17.9. The van der Waals surface area contributed by atoms with Gasteiger partial charge in [0.2, 0.25) is 11.8 Å². The molecule has 0 radical (unpaired) electrons. The lowest BCUT2D eigenvalue weighted by Gasteiger charge is -2.09. The minimum absolute atomic E-state index is 0.118. The van der Waals surface area contributed by atoms with Gasteiger partial charge in [0.1, 0.15) is 0 Å². The van der Waals surface area contributed by atoms with Crippen LogP contribution in [0.3, 0.4) is 0 Å². The highest BCUT2D eigenvalue weighted by molar-refractivity contribution is 5.89. The molecule has 100 valence electrons. The van der Waals surface area contributed by atoms with Crippen LogP contribution in [0.25, 0.3) is 0 Å². The Kier molecular flexibility index (Phi) is 3.79. The van der Waals surface area contributed by atoms with Crippen molar-refractivity contribution in [2.24, 2.45) is 5.92 Å². The molecule has 1 aliphatic rings. The molecule has 1 aliphatic heterocycles. The fourth-order valence-corrected chi connectivity index (χ4v) is 1.94. The van der Waals surface area contributed by atoms with Crippen LogP contribution in [0.15, 0.2) is 24.3 Å². The monoisotopic (exact) mass is 262 g/mol. The Labute approximate surface area is 109 Å². The zero-order valence-electron chi connectivity index (χ0n) is 10.2. The van der Waals surface area contributed by atoms with Gasteiger partial charge in [-0.15, -0.1) is 0 Å². The van der Waals surface area contributed by atoms with Gasteiger partial charge < -0.3 is 15.7 Å². The van der Waals surface area contributed by atoms with E-state index in [4.69, 9.17) is 5.11 Å². The van der Waals surface area contributed by atoms with Crippen LogP contribution in [0.5, 0.6) is 0 Å². The fraction of sp³-hybridized carbons (Fsp3) is 0.308. The summed E-state index contributed by atoms with van der Waals surface area (Å²) in [6, 6.07) is 6.38. The van der Waals surface area contributed by atoms with Crippen LogP contribution in [-0.4, -0.2) is 29.4 Å². The number of hydrogen-bond acceptors (Lipinski definition) is 3. The number of benzene rings is 1. The Morgan fingerprint density at radius 1 is 1.42 bits per heavy atom. The van der Waals surface area contributed by atoms with E-state index in [9.17, 15) is 14.4 Å². The molecule has 1 aromatic rings.